The number of carbonyl (C=O) groups excluding carboxylic acids is 1. The average Bonchev–Trinajstić information content (AvgIpc) is 2.62. The normalized spacial score (nSPS) is 10.6. The summed E-state index contributed by atoms with van der Waals surface area (Å²) in [6.45, 7) is 0. The van der Waals surface area contributed by atoms with Crippen molar-refractivity contribution < 1.29 is 39.2 Å². The summed E-state index contributed by atoms with van der Waals surface area (Å²) < 4.78 is 4.59. The molecule has 0 heterocycles. The number of rotatable bonds is 6. The fourth-order valence-electron chi connectivity index (χ4n) is 1.69. The largest absolute Gasteiger partial charge is 0.481 e. The zero-order chi connectivity index (χ0) is 19.5. The summed E-state index contributed by atoms with van der Waals surface area (Å²) in [6, 6.07) is 16.0. The molecule has 0 spiro atoms. The smallest absolute Gasteiger partial charge is 0.345 e. The summed E-state index contributed by atoms with van der Waals surface area (Å²) in [5.74, 6) is -4.58. The van der Waals surface area contributed by atoms with Crippen molar-refractivity contribution in [2.45, 2.75) is 12.5 Å². The Morgan fingerprint density at radius 3 is 1.58 bits per heavy atom. The van der Waals surface area contributed by atoms with Crippen molar-refractivity contribution in [1.29, 1.82) is 0 Å². The number of benzene rings is 2. The number of carboxylic acid groups (broad SMARTS) is 3. The van der Waals surface area contributed by atoms with E-state index < -0.39 is 36.4 Å². The number of esters is 1. The highest BCUT2D eigenvalue weighted by Gasteiger charge is 2.25. The highest BCUT2D eigenvalue weighted by molar-refractivity contribution is 5.92. The second-order valence-corrected chi connectivity index (χ2v) is 4.87. The molecule has 2 aromatic rings. The lowest BCUT2D eigenvalue weighted by atomic mass is 10.2. The molecule has 3 N–H and O–H groups in total. The minimum Gasteiger partial charge on any atom is -0.481 e. The third-order valence-electron chi connectivity index (χ3n) is 2.91. The molecule has 0 aliphatic rings. The van der Waals surface area contributed by atoms with Gasteiger partial charge in [-0.2, -0.15) is 0 Å². The van der Waals surface area contributed by atoms with Crippen molar-refractivity contribution in [1.82, 2.24) is 0 Å². The van der Waals surface area contributed by atoms with Crippen LogP contribution in [0.3, 0.4) is 0 Å². The van der Waals surface area contributed by atoms with Crippen molar-refractivity contribution >= 4 is 23.9 Å². The Morgan fingerprint density at radius 2 is 1.23 bits per heavy atom. The van der Waals surface area contributed by atoms with Crippen LogP contribution in [0.15, 0.2) is 60.7 Å². The van der Waals surface area contributed by atoms with Gasteiger partial charge >= 0.3 is 23.9 Å². The maximum atomic E-state index is 11.5. The molecule has 2 rings (SSSR count). The molecule has 8 heteroatoms. The van der Waals surface area contributed by atoms with Crippen molar-refractivity contribution in [3.63, 3.8) is 0 Å². The molecule has 0 unspecified atom stereocenters. The Balaban J connectivity index is 0.000000314. The second-order valence-electron chi connectivity index (χ2n) is 4.87. The van der Waals surface area contributed by atoms with Gasteiger partial charge in [-0.05, 0) is 24.3 Å². The predicted molar refractivity (Wildman–Crippen MR) is 88.9 cm³/mol. The number of hydrogen-bond donors (Lipinski definition) is 3. The van der Waals surface area contributed by atoms with E-state index in [1.807, 2.05) is 0 Å². The van der Waals surface area contributed by atoms with Gasteiger partial charge < -0.3 is 20.1 Å². The lowest BCUT2D eigenvalue weighted by Crippen LogP contribution is -2.29. The average molecular weight is 360 g/mol. The van der Waals surface area contributed by atoms with Gasteiger partial charge in [0, 0.05) is 0 Å². The van der Waals surface area contributed by atoms with Gasteiger partial charge in [0.1, 0.15) is 0 Å². The molecule has 0 fully saturated rings. The first-order chi connectivity index (χ1) is 12.3. The van der Waals surface area contributed by atoms with Crippen LogP contribution in [0.2, 0.25) is 0 Å². The fourth-order valence-corrected chi connectivity index (χ4v) is 1.69. The van der Waals surface area contributed by atoms with E-state index in [-0.39, 0.29) is 5.56 Å². The molecule has 0 aliphatic heterocycles. The van der Waals surface area contributed by atoms with Crippen LogP contribution in [0.5, 0.6) is 0 Å². The molecule has 0 bridgehead atoms. The molecule has 0 saturated carbocycles. The Kier molecular flexibility index (Phi) is 8.02. The molecule has 0 saturated heterocycles. The van der Waals surface area contributed by atoms with Crippen molar-refractivity contribution in [3.8, 4) is 0 Å². The lowest BCUT2D eigenvalue weighted by Gasteiger charge is -2.11. The van der Waals surface area contributed by atoms with Crippen molar-refractivity contribution in [2.75, 3.05) is 0 Å². The number of aliphatic carboxylic acids is 2. The summed E-state index contributed by atoms with van der Waals surface area (Å²) in [5.41, 5.74) is 0.502. The quantitative estimate of drug-likeness (QED) is 0.666. The number of ether oxygens (including phenoxy) is 1. The molecule has 0 radical (unpaired) electrons. The van der Waals surface area contributed by atoms with Crippen molar-refractivity contribution in [2.24, 2.45) is 0 Å². The standard InChI is InChI=1S/C11H10O6.C7H6O2/c12-9(13)6-8(10(14)15)17-11(16)7-4-2-1-3-5-7;8-7(9)6-4-2-1-3-5-6/h1-5,8H,6H2,(H,12,13)(H,14,15);1-5H,(H,8,9)/t8-;/m0./s1. The van der Waals surface area contributed by atoms with Crippen LogP contribution in [0.25, 0.3) is 0 Å². The van der Waals surface area contributed by atoms with E-state index in [1.54, 1.807) is 48.5 Å². The molecule has 8 nitrogen and oxygen atoms in total. The molecule has 1 atom stereocenters. The van der Waals surface area contributed by atoms with E-state index in [9.17, 15) is 19.2 Å². The number of carboxylic acids is 3. The highest BCUT2D eigenvalue weighted by Crippen LogP contribution is 2.06. The van der Waals surface area contributed by atoms with E-state index >= 15 is 0 Å². The van der Waals surface area contributed by atoms with Crippen LogP contribution >= 0.6 is 0 Å². The van der Waals surface area contributed by atoms with Gasteiger partial charge in [-0.15, -0.1) is 0 Å². The van der Waals surface area contributed by atoms with Crippen LogP contribution in [0.4, 0.5) is 0 Å². The third-order valence-corrected chi connectivity index (χ3v) is 2.91. The van der Waals surface area contributed by atoms with Gasteiger partial charge in [-0.3, -0.25) is 4.79 Å². The fraction of sp³-hybridized carbons (Fsp3) is 0.111. The van der Waals surface area contributed by atoms with E-state index in [0.29, 0.717) is 5.56 Å². The van der Waals surface area contributed by atoms with E-state index in [4.69, 9.17) is 15.3 Å². The SMILES string of the molecule is O=C(O)C[C@H](OC(=O)c1ccccc1)C(=O)O.O=C(O)c1ccccc1. The summed E-state index contributed by atoms with van der Waals surface area (Å²) in [7, 11) is 0. The molecule has 26 heavy (non-hydrogen) atoms. The van der Waals surface area contributed by atoms with Gasteiger partial charge in [0.05, 0.1) is 17.5 Å². The second kappa shape index (κ2) is 10.2. The lowest BCUT2D eigenvalue weighted by molar-refractivity contribution is -0.153. The number of hydrogen-bond acceptors (Lipinski definition) is 5. The van der Waals surface area contributed by atoms with E-state index in [1.165, 1.54) is 12.1 Å². The Labute approximate surface area is 148 Å². The molecular weight excluding hydrogens is 344 g/mol. The van der Waals surface area contributed by atoms with Gasteiger partial charge in [-0.25, -0.2) is 14.4 Å². The Morgan fingerprint density at radius 1 is 0.769 bits per heavy atom. The number of carbonyl (C=O) groups is 4. The minimum absolute atomic E-state index is 0.170. The van der Waals surface area contributed by atoms with E-state index in [2.05, 4.69) is 4.74 Å². The van der Waals surface area contributed by atoms with Crippen LogP contribution in [-0.4, -0.2) is 45.3 Å². The Bertz CT molecular complexity index is 755. The highest BCUT2D eigenvalue weighted by atomic mass is 16.6. The van der Waals surface area contributed by atoms with Crippen LogP contribution in [0.1, 0.15) is 27.1 Å². The molecule has 0 aromatic heterocycles. The van der Waals surface area contributed by atoms with E-state index in [0.717, 1.165) is 0 Å². The first-order valence-electron chi connectivity index (χ1n) is 7.30. The predicted octanol–water partition coefficient (Wildman–Crippen LogP) is 2.16. The van der Waals surface area contributed by atoms with Gasteiger partial charge in [0.2, 0.25) is 6.10 Å². The zero-order valence-electron chi connectivity index (χ0n) is 13.4. The number of aromatic carboxylic acids is 1. The maximum absolute atomic E-state index is 11.5. The topological polar surface area (TPSA) is 138 Å². The van der Waals surface area contributed by atoms with Gasteiger partial charge in [-0.1, -0.05) is 36.4 Å². The minimum atomic E-state index is -1.68. The van der Waals surface area contributed by atoms with Crippen LogP contribution < -0.4 is 0 Å². The summed E-state index contributed by atoms with van der Waals surface area (Å²) in [6.07, 6.45) is -2.45. The van der Waals surface area contributed by atoms with Gasteiger partial charge in [0.25, 0.3) is 0 Å². The first kappa shape index (κ1) is 20.4. The van der Waals surface area contributed by atoms with Crippen molar-refractivity contribution in [3.05, 3.63) is 71.8 Å². The Hall–Kier alpha value is -3.68. The molecule has 2 aromatic carbocycles. The van der Waals surface area contributed by atoms with Crippen LogP contribution in [-0.2, 0) is 14.3 Å². The maximum Gasteiger partial charge on any atom is 0.345 e. The zero-order valence-corrected chi connectivity index (χ0v) is 13.4. The summed E-state index contributed by atoms with van der Waals surface area (Å²) in [4.78, 5) is 42.7. The third kappa shape index (κ3) is 7.26. The van der Waals surface area contributed by atoms with Gasteiger partial charge in [0.15, 0.2) is 0 Å². The summed E-state index contributed by atoms with van der Waals surface area (Å²) in [5, 5.41) is 25.5. The molecular formula is C18H16O8. The molecule has 0 aliphatic carbocycles. The van der Waals surface area contributed by atoms with Crippen LogP contribution in [0, 0.1) is 0 Å². The monoisotopic (exact) mass is 360 g/mol. The molecule has 0 amide bonds. The first-order valence-corrected chi connectivity index (χ1v) is 7.30. The summed E-state index contributed by atoms with van der Waals surface area (Å²) >= 11 is 0. The molecule has 136 valence electrons.